The molecule has 5 nitrogen and oxygen atoms in total. The van der Waals surface area contributed by atoms with Crippen LogP contribution < -0.4 is 5.32 Å². The number of aromatic nitrogens is 2. The molecule has 0 saturated carbocycles. The summed E-state index contributed by atoms with van der Waals surface area (Å²) in [4.78, 5) is 13.6. The van der Waals surface area contributed by atoms with E-state index in [-0.39, 0.29) is 5.91 Å². The highest BCUT2D eigenvalue weighted by Crippen LogP contribution is 2.21. The van der Waals surface area contributed by atoms with Crippen LogP contribution in [0.1, 0.15) is 29.8 Å². The lowest BCUT2D eigenvalue weighted by Gasteiger charge is -2.11. The molecular formula is C14H22N4O. The third-order valence-electron chi connectivity index (χ3n) is 3.31. The molecule has 0 fully saturated rings. The highest BCUT2D eigenvalue weighted by atomic mass is 16.1. The van der Waals surface area contributed by atoms with Crippen molar-refractivity contribution in [3.8, 4) is 0 Å². The summed E-state index contributed by atoms with van der Waals surface area (Å²) in [6.45, 7) is 1.28. The van der Waals surface area contributed by atoms with Gasteiger partial charge in [0.2, 0.25) is 5.91 Å². The molecule has 0 spiro atoms. The van der Waals surface area contributed by atoms with Gasteiger partial charge >= 0.3 is 0 Å². The smallest absolute Gasteiger partial charge is 0.244 e. The van der Waals surface area contributed by atoms with Gasteiger partial charge in [0.1, 0.15) is 0 Å². The molecule has 1 heterocycles. The average molecular weight is 262 g/mol. The Balaban J connectivity index is 1.84. The molecule has 1 aliphatic rings. The molecule has 1 aliphatic carbocycles. The lowest BCUT2D eigenvalue weighted by Crippen LogP contribution is -2.22. The highest BCUT2D eigenvalue weighted by Gasteiger charge is 2.16. The molecule has 1 aromatic rings. The van der Waals surface area contributed by atoms with E-state index >= 15 is 0 Å². The first-order valence-corrected chi connectivity index (χ1v) is 6.81. The van der Waals surface area contributed by atoms with Gasteiger partial charge in [0.05, 0.1) is 12.2 Å². The zero-order valence-corrected chi connectivity index (χ0v) is 11.7. The van der Waals surface area contributed by atoms with Crippen molar-refractivity contribution in [2.45, 2.75) is 32.2 Å². The van der Waals surface area contributed by atoms with Crippen LogP contribution in [0, 0.1) is 0 Å². The van der Waals surface area contributed by atoms with Crippen LogP contribution in [0.5, 0.6) is 0 Å². The molecule has 19 heavy (non-hydrogen) atoms. The van der Waals surface area contributed by atoms with Crippen molar-refractivity contribution < 1.29 is 4.79 Å². The summed E-state index contributed by atoms with van der Waals surface area (Å²) in [5.41, 5.74) is 3.55. The lowest BCUT2D eigenvalue weighted by atomic mass is 9.96. The Bertz CT molecular complexity index is 462. The van der Waals surface area contributed by atoms with Crippen molar-refractivity contribution in [3.05, 3.63) is 29.1 Å². The molecule has 0 unspecified atom stereocenters. The minimum atomic E-state index is -0.0607. The van der Waals surface area contributed by atoms with E-state index in [1.807, 2.05) is 25.1 Å². The Labute approximate surface area is 114 Å². The third kappa shape index (κ3) is 3.92. The lowest BCUT2D eigenvalue weighted by molar-refractivity contribution is -0.116. The second kappa shape index (κ2) is 6.52. The first kappa shape index (κ1) is 13.8. The van der Waals surface area contributed by atoms with Gasteiger partial charge in [0.15, 0.2) is 0 Å². The van der Waals surface area contributed by atoms with E-state index in [4.69, 9.17) is 0 Å². The number of hydrogen-bond acceptors (Lipinski definition) is 3. The molecule has 0 aliphatic heterocycles. The van der Waals surface area contributed by atoms with Crippen molar-refractivity contribution >= 4 is 5.91 Å². The number of nitrogens with zero attached hydrogens (tertiary/aromatic N) is 2. The first-order valence-electron chi connectivity index (χ1n) is 6.81. The molecule has 0 bridgehead atoms. The molecule has 1 aromatic heterocycles. The zero-order valence-electron chi connectivity index (χ0n) is 11.7. The predicted octanol–water partition coefficient (Wildman–Crippen LogP) is 1.02. The minimum Gasteiger partial charge on any atom is -0.347 e. The summed E-state index contributed by atoms with van der Waals surface area (Å²) in [5.74, 6) is -0.0607. The fourth-order valence-electron chi connectivity index (χ4n) is 2.30. The molecule has 5 heteroatoms. The van der Waals surface area contributed by atoms with Crippen LogP contribution in [-0.4, -0.2) is 41.6 Å². The van der Waals surface area contributed by atoms with Crippen LogP contribution in [0.2, 0.25) is 0 Å². The minimum absolute atomic E-state index is 0.0607. The first-order chi connectivity index (χ1) is 9.16. The van der Waals surface area contributed by atoms with Gasteiger partial charge in [-0.3, -0.25) is 9.89 Å². The quantitative estimate of drug-likeness (QED) is 0.779. The number of aromatic amines is 1. The van der Waals surface area contributed by atoms with Crippen LogP contribution in [0.15, 0.2) is 12.2 Å². The number of aryl methyl sites for hydroxylation is 1. The number of fused-ring (bicyclic) bond motifs is 1. The van der Waals surface area contributed by atoms with E-state index < -0.39 is 0 Å². The van der Waals surface area contributed by atoms with Crippen LogP contribution in [0.3, 0.4) is 0 Å². The normalized spacial score (nSPS) is 14.9. The summed E-state index contributed by atoms with van der Waals surface area (Å²) >= 11 is 0. The molecule has 2 rings (SSSR count). The molecule has 0 saturated heterocycles. The number of likely N-dealkylation sites (N-methyl/N-ethyl adjacent to an activating group) is 1. The van der Waals surface area contributed by atoms with Crippen molar-refractivity contribution in [1.29, 1.82) is 0 Å². The average Bonchev–Trinajstić information content (AvgIpc) is 2.79. The molecular weight excluding hydrogens is 240 g/mol. The maximum Gasteiger partial charge on any atom is 0.244 e. The summed E-state index contributed by atoms with van der Waals surface area (Å²) < 4.78 is 0. The SMILES string of the molecule is CN(C)C/C=C/C(=O)NCc1n[nH]c2c1CCCC2. The maximum absolute atomic E-state index is 11.6. The summed E-state index contributed by atoms with van der Waals surface area (Å²) in [7, 11) is 3.94. The molecule has 1 amide bonds. The van der Waals surface area contributed by atoms with Gasteiger partial charge in [0.25, 0.3) is 0 Å². The molecule has 0 atom stereocenters. The second-order valence-electron chi connectivity index (χ2n) is 5.22. The second-order valence-corrected chi connectivity index (χ2v) is 5.22. The van der Waals surface area contributed by atoms with Gasteiger partial charge in [-0.1, -0.05) is 6.08 Å². The molecule has 0 aromatic carbocycles. The van der Waals surface area contributed by atoms with Crippen molar-refractivity contribution in [2.75, 3.05) is 20.6 Å². The number of H-pyrrole nitrogens is 1. The Kier molecular flexibility index (Phi) is 4.74. The van der Waals surface area contributed by atoms with Gasteiger partial charge in [0, 0.05) is 18.3 Å². The van der Waals surface area contributed by atoms with E-state index in [1.165, 1.54) is 24.1 Å². The number of amides is 1. The summed E-state index contributed by atoms with van der Waals surface area (Å²) in [5, 5.41) is 10.3. The molecule has 104 valence electrons. The number of nitrogens with one attached hydrogen (secondary N) is 2. The summed E-state index contributed by atoms with van der Waals surface area (Å²) in [6, 6.07) is 0. The Morgan fingerprint density at radius 1 is 1.42 bits per heavy atom. The van der Waals surface area contributed by atoms with Gasteiger partial charge in [-0.15, -0.1) is 0 Å². The highest BCUT2D eigenvalue weighted by molar-refractivity contribution is 5.87. The Hall–Kier alpha value is -1.62. The van der Waals surface area contributed by atoms with Gasteiger partial charge in [-0.05, 0) is 45.3 Å². The Morgan fingerprint density at radius 3 is 3.00 bits per heavy atom. The van der Waals surface area contributed by atoms with Crippen molar-refractivity contribution in [3.63, 3.8) is 0 Å². The van der Waals surface area contributed by atoms with E-state index in [2.05, 4.69) is 15.5 Å². The van der Waals surface area contributed by atoms with Crippen molar-refractivity contribution in [1.82, 2.24) is 20.4 Å². The van der Waals surface area contributed by atoms with Crippen LogP contribution in [0.4, 0.5) is 0 Å². The molecule has 2 N–H and O–H groups in total. The number of hydrogen-bond donors (Lipinski definition) is 2. The van der Waals surface area contributed by atoms with E-state index in [0.29, 0.717) is 6.54 Å². The largest absolute Gasteiger partial charge is 0.347 e. The van der Waals surface area contributed by atoms with E-state index in [1.54, 1.807) is 6.08 Å². The van der Waals surface area contributed by atoms with E-state index in [0.717, 1.165) is 25.1 Å². The van der Waals surface area contributed by atoms with Gasteiger partial charge in [-0.2, -0.15) is 5.10 Å². The van der Waals surface area contributed by atoms with Gasteiger partial charge in [-0.25, -0.2) is 0 Å². The maximum atomic E-state index is 11.6. The summed E-state index contributed by atoms with van der Waals surface area (Å²) in [6.07, 6.45) is 8.05. The van der Waals surface area contributed by atoms with Crippen LogP contribution in [-0.2, 0) is 24.2 Å². The molecule has 0 radical (unpaired) electrons. The number of carbonyl (C=O) groups excluding carboxylic acids is 1. The van der Waals surface area contributed by atoms with E-state index in [9.17, 15) is 4.79 Å². The Morgan fingerprint density at radius 2 is 2.21 bits per heavy atom. The fraction of sp³-hybridized carbons (Fsp3) is 0.571. The number of rotatable bonds is 5. The third-order valence-corrected chi connectivity index (χ3v) is 3.31. The monoisotopic (exact) mass is 262 g/mol. The van der Waals surface area contributed by atoms with Crippen molar-refractivity contribution in [2.24, 2.45) is 0 Å². The fourth-order valence-corrected chi connectivity index (χ4v) is 2.30. The van der Waals surface area contributed by atoms with Gasteiger partial charge < -0.3 is 10.2 Å². The van der Waals surface area contributed by atoms with Crippen LogP contribution in [0.25, 0.3) is 0 Å². The zero-order chi connectivity index (χ0) is 13.7. The van der Waals surface area contributed by atoms with Crippen LogP contribution >= 0.6 is 0 Å². The number of carbonyl (C=O) groups is 1. The topological polar surface area (TPSA) is 61.0 Å². The standard InChI is InChI=1S/C14H22N4O/c1-18(2)9-5-8-14(19)15-10-13-11-6-3-4-7-12(11)16-17-13/h5,8H,3-4,6-7,9-10H2,1-2H3,(H,15,19)(H,16,17)/b8-5+. The predicted molar refractivity (Wildman–Crippen MR) is 74.8 cm³/mol.